The highest BCUT2D eigenvalue weighted by Crippen LogP contribution is 2.45. The number of carbonyl (C=O) groups excluding carboxylic acids is 2. The first kappa shape index (κ1) is 26.4. The third-order valence-electron chi connectivity index (χ3n) is 6.65. The fourth-order valence-electron chi connectivity index (χ4n) is 4.64. The number of aliphatic hydroxyl groups is 1. The van der Waals surface area contributed by atoms with E-state index < -0.39 is 17.7 Å². The van der Waals surface area contributed by atoms with Crippen LogP contribution < -0.4 is 14.4 Å². The lowest BCUT2D eigenvalue weighted by molar-refractivity contribution is -0.132. The number of thiazole rings is 1. The Morgan fingerprint density at radius 3 is 2.59 bits per heavy atom. The summed E-state index contributed by atoms with van der Waals surface area (Å²) in [5.74, 6) is -0.787. The van der Waals surface area contributed by atoms with Gasteiger partial charge in [0, 0.05) is 18.0 Å². The molecule has 0 saturated carbocycles. The Morgan fingerprint density at radius 1 is 1.05 bits per heavy atom. The summed E-state index contributed by atoms with van der Waals surface area (Å²) < 4.78 is 12.5. The van der Waals surface area contributed by atoms with Gasteiger partial charge in [-0.25, -0.2) is 4.98 Å². The lowest BCUT2D eigenvalue weighted by Gasteiger charge is -2.24. The fraction of sp³-hybridized carbons (Fsp3) is 0.267. The summed E-state index contributed by atoms with van der Waals surface area (Å²) in [4.78, 5) is 37.1. The molecular formula is C30H29N3O5S. The number of hydrogen-bond donors (Lipinski definition) is 1. The van der Waals surface area contributed by atoms with E-state index in [1.165, 1.54) is 28.6 Å². The van der Waals surface area contributed by atoms with E-state index in [-0.39, 0.29) is 11.3 Å². The van der Waals surface area contributed by atoms with Crippen LogP contribution in [0.4, 0.5) is 5.13 Å². The van der Waals surface area contributed by atoms with E-state index in [1.807, 2.05) is 25.1 Å². The van der Waals surface area contributed by atoms with Crippen LogP contribution in [0.1, 0.15) is 48.9 Å². The van der Waals surface area contributed by atoms with Gasteiger partial charge in [-0.1, -0.05) is 43.2 Å². The number of ether oxygens (including phenoxy) is 2. The number of methoxy groups -OCH3 is 1. The van der Waals surface area contributed by atoms with Crippen LogP contribution in [0.15, 0.2) is 66.5 Å². The molecule has 1 aliphatic heterocycles. The maximum absolute atomic E-state index is 13.5. The molecule has 200 valence electrons. The van der Waals surface area contributed by atoms with Crippen LogP contribution in [0.5, 0.6) is 11.5 Å². The quantitative estimate of drug-likeness (QED) is 0.116. The second-order valence-electron chi connectivity index (χ2n) is 9.34. The molecule has 0 aliphatic carbocycles. The molecule has 1 atom stereocenters. The number of amides is 1. The lowest BCUT2D eigenvalue weighted by Crippen LogP contribution is -2.29. The van der Waals surface area contributed by atoms with Crippen molar-refractivity contribution in [2.45, 2.75) is 39.2 Å². The number of pyridine rings is 1. The summed E-state index contributed by atoms with van der Waals surface area (Å²) in [5, 5.41) is 11.7. The van der Waals surface area contributed by atoms with Gasteiger partial charge >= 0.3 is 5.91 Å². The van der Waals surface area contributed by atoms with Crippen molar-refractivity contribution >= 4 is 44.1 Å². The maximum Gasteiger partial charge on any atom is 0.301 e. The zero-order chi connectivity index (χ0) is 27.5. The first-order valence-corrected chi connectivity index (χ1v) is 13.6. The number of rotatable bonds is 9. The average molecular weight is 544 g/mol. The van der Waals surface area contributed by atoms with E-state index in [1.54, 1.807) is 37.4 Å². The van der Waals surface area contributed by atoms with E-state index >= 15 is 0 Å². The van der Waals surface area contributed by atoms with Crippen molar-refractivity contribution in [3.63, 3.8) is 0 Å². The van der Waals surface area contributed by atoms with Crippen molar-refractivity contribution in [2.75, 3.05) is 18.6 Å². The van der Waals surface area contributed by atoms with Crippen LogP contribution in [0.2, 0.25) is 0 Å². The summed E-state index contributed by atoms with van der Waals surface area (Å²) in [6.07, 6.45) is 6.10. The molecule has 0 bridgehead atoms. The topological polar surface area (TPSA) is 102 Å². The Hall–Kier alpha value is -4.24. The standard InChI is InChI=1S/C30H29N3O5S/c1-4-5-6-15-38-22-10-8-20(17-23(22)37-3)26-25(27(34)19-11-13-31-14-12-19)28(35)29(36)33(26)30-32-21-9-7-18(2)16-24(21)39-30/h7-14,16-17,26,34H,4-6,15H2,1-3H3. The molecule has 8 nitrogen and oxygen atoms in total. The van der Waals surface area contributed by atoms with E-state index in [4.69, 9.17) is 9.47 Å². The predicted molar refractivity (Wildman–Crippen MR) is 151 cm³/mol. The minimum atomic E-state index is -0.928. The molecule has 1 fully saturated rings. The number of ketones is 1. The number of aliphatic hydroxyl groups excluding tert-OH is 1. The van der Waals surface area contributed by atoms with E-state index in [0.29, 0.717) is 34.4 Å². The molecule has 1 unspecified atom stereocenters. The van der Waals surface area contributed by atoms with Crippen LogP contribution in [-0.4, -0.2) is 40.5 Å². The van der Waals surface area contributed by atoms with Crippen molar-refractivity contribution in [2.24, 2.45) is 0 Å². The number of aromatic nitrogens is 2. The Bertz CT molecular complexity index is 1560. The number of benzene rings is 2. The highest BCUT2D eigenvalue weighted by Gasteiger charge is 2.48. The van der Waals surface area contributed by atoms with E-state index in [2.05, 4.69) is 16.9 Å². The number of anilines is 1. The van der Waals surface area contributed by atoms with Gasteiger partial charge in [-0.05, 0) is 60.9 Å². The number of nitrogens with zero attached hydrogens (tertiary/aromatic N) is 3. The van der Waals surface area contributed by atoms with Gasteiger partial charge in [-0.2, -0.15) is 0 Å². The second kappa shape index (κ2) is 11.2. The summed E-state index contributed by atoms with van der Waals surface area (Å²) in [6.45, 7) is 4.66. The summed E-state index contributed by atoms with van der Waals surface area (Å²) >= 11 is 1.32. The first-order valence-electron chi connectivity index (χ1n) is 12.8. The normalized spacial score (nSPS) is 16.7. The molecular weight excluding hydrogens is 514 g/mol. The van der Waals surface area contributed by atoms with Gasteiger partial charge in [0.15, 0.2) is 16.6 Å². The van der Waals surface area contributed by atoms with Gasteiger partial charge in [-0.15, -0.1) is 0 Å². The highest BCUT2D eigenvalue weighted by atomic mass is 32.1. The average Bonchev–Trinajstić information content (AvgIpc) is 3.48. The number of fused-ring (bicyclic) bond motifs is 1. The van der Waals surface area contributed by atoms with Gasteiger partial charge in [0.2, 0.25) is 0 Å². The van der Waals surface area contributed by atoms with Crippen molar-refractivity contribution in [1.29, 1.82) is 0 Å². The molecule has 3 heterocycles. The molecule has 1 N–H and O–H groups in total. The Balaban J connectivity index is 1.65. The minimum Gasteiger partial charge on any atom is -0.507 e. The molecule has 39 heavy (non-hydrogen) atoms. The van der Waals surface area contributed by atoms with Gasteiger partial charge in [0.25, 0.3) is 5.78 Å². The molecule has 1 amide bonds. The van der Waals surface area contributed by atoms with Crippen molar-refractivity contribution < 1.29 is 24.2 Å². The molecule has 4 aromatic rings. The van der Waals surface area contributed by atoms with Crippen LogP contribution in [-0.2, 0) is 9.59 Å². The SMILES string of the molecule is CCCCCOc1ccc(C2C(=C(O)c3ccncc3)C(=O)C(=O)N2c2nc3ccc(C)cc3s2)cc1OC. The zero-order valence-electron chi connectivity index (χ0n) is 22.0. The van der Waals surface area contributed by atoms with Gasteiger partial charge < -0.3 is 14.6 Å². The van der Waals surface area contributed by atoms with Gasteiger partial charge in [0.1, 0.15) is 5.76 Å². The highest BCUT2D eigenvalue weighted by molar-refractivity contribution is 7.22. The number of unbranched alkanes of at least 4 members (excludes halogenated alkanes) is 2. The van der Waals surface area contributed by atoms with Crippen molar-refractivity contribution in [3.05, 3.63) is 83.2 Å². The maximum atomic E-state index is 13.5. The Kier molecular flexibility index (Phi) is 7.60. The summed E-state index contributed by atoms with van der Waals surface area (Å²) in [7, 11) is 1.54. The Labute approximate surface area is 230 Å². The molecule has 9 heteroatoms. The molecule has 2 aromatic carbocycles. The minimum absolute atomic E-state index is 0.0275. The second-order valence-corrected chi connectivity index (χ2v) is 10.3. The van der Waals surface area contributed by atoms with E-state index in [9.17, 15) is 14.7 Å². The van der Waals surface area contributed by atoms with Crippen LogP contribution in [0.25, 0.3) is 16.0 Å². The zero-order valence-corrected chi connectivity index (χ0v) is 22.8. The largest absolute Gasteiger partial charge is 0.507 e. The smallest absolute Gasteiger partial charge is 0.301 e. The summed E-state index contributed by atoms with van der Waals surface area (Å²) in [6, 6.07) is 13.4. The molecule has 2 aromatic heterocycles. The Morgan fingerprint density at radius 2 is 1.85 bits per heavy atom. The van der Waals surface area contributed by atoms with Crippen molar-refractivity contribution in [1.82, 2.24) is 9.97 Å². The third-order valence-corrected chi connectivity index (χ3v) is 7.66. The fourth-order valence-corrected chi connectivity index (χ4v) is 5.73. The van der Waals surface area contributed by atoms with Gasteiger partial charge in [0.05, 0.1) is 35.5 Å². The van der Waals surface area contributed by atoms with Gasteiger partial charge in [-0.3, -0.25) is 19.5 Å². The number of aryl methyl sites for hydroxylation is 1. The number of hydrogen-bond acceptors (Lipinski definition) is 8. The number of Topliss-reactive ketones (excluding diaryl/α,β-unsaturated/α-hetero) is 1. The van der Waals surface area contributed by atoms with Crippen molar-refractivity contribution in [3.8, 4) is 11.5 Å². The predicted octanol–water partition coefficient (Wildman–Crippen LogP) is 6.20. The van der Waals surface area contributed by atoms with Crippen LogP contribution in [0.3, 0.4) is 0 Å². The molecule has 1 aliphatic rings. The third kappa shape index (κ3) is 5.09. The first-order chi connectivity index (χ1) is 18.9. The number of carbonyl (C=O) groups is 2. The lowest BCUT2D eigenvalue weighted by atomic mass is 9.95. The molecule has 1 saturated heterocycles. The van der Waals surface area contributed by atoms with E-state index in [0.717, 1.165) is 35.0 Å². The molecule has 5 rings (SSSR count). The molecule has 0 radical (unpaired) electrons. The monoisotopic (exact) mass is 543 g/mol. The summed E-state index contributed by atoms with van der Waals surface area (Å²) in [5.41, 5.74) is 2.73. The van der Waals surface area contributed by atoms with Crippen LogP contribution in [0, 0.1) is 6.92 Å². The molecule has 0 spiro atoms. The van der Waals surface area contributed by atoms with Crippen LogP contribution >= 0.6 is 11.3 Å².